The lowest BCUT2D eigenvalue weighted by molar-refractivity contribution is -0.685. The predicted molar refractivity (Wildman–Crippen MR) is 49.5 cm³/mol. The lowest BCUT2D eigenvalue weighted by atomic mass is 10.7. The molecule has 8 nitrogen and oxygen atoms in total. The number of aliphatic imine (C=N–C) groups is 1. The maximum Gasteiger partial charge on any atom is 0.351 e. The van der Waals surface area contributed by atoms with E-state index in [1.807, 2.05) is 5.43 Å². The molecule has 1 rings (SSSR count). The van der Waals surface area contributed by atoms with Gasteiger partial charge in [0.1, 0.15) is 0 Å². The molecule has 0 bridgehead atoms. The summed E-state index contributed by atoms with van der Waals surface area (Å²) < 4.78 is 0. The summed E-state index contributed by atoms with van der Waals surface area (Å²) in [5.74, 6) is -3.29. The van der Waals surface area contributed by atoms with Gasteiger partial charge in [-0.3, -0.25) is 0 Å². The number of nitrogens with zero attached hydrogens (tertiary/aromatic N) is 1. The fourth-order valence-electron chi connectivity index (χ4n) is 0.537. The molecular weight excluding hydrogens is 226 g/mol. The van der Waals surface area contributed by atoms with Crippen molar-refractivity contribution in [2.75, 3.05) is 19.0 Å². The molecule has 0 spiro atoms. The van der Waals surface area contributed by atoms with E-state index in [0.29, 0.717) is 0 Å². The minimum absolute atomic E-state index is 0.214. The second-order valence-electron chi connectivity index (χ2n) is 2.16. The molecule has 0 fully saturated rings. The van der Waals surface area contributed by atoms with Crippen molar-refractivity contribution in [3.63, 3.8) is 0 Å². The van der Waals surface area contributed by atoms with Crippen LogP contribution in [0.1, 0.15) is 0 Å². The first kappa shape index (κ1) is 13.7. The van der Waals surface area contributed by atoms with Gasteiger partial charge >= 0.3 is 5.97 Å². The Kier molecular flexibility index (Phi) is 7.32. The van der Waals surface area contributed by atoms with E-state index in [1.165, 1.54) is 0 Å². The molecule has 86 valence electrons. The molecule has 0 aromatic rings. The number of carbonyl (C=O) groups excluding carboxylic acids is 1. The largest absolute Gasteiger partial charge is 0.539 e. The average molecular weight is 237 g/mol. The van der Waals surface area contributed by atoms with Crippen molar-refractivity contribution >= 4 is 28.9 Å². The second-order valence-corrected chi connectivity index (χ2v) is 3.24. The third kappa shape index (κ3) is 7.73. The number of quaternary nitrogens is 1. The number of nitrogens with one attached hydrogen (secondary N) is 1. The van der Waals surface area contributed by atoms with E-state index in [4.69, 9.17) is 24.9 Å². The summed E-state index contributed by atoms with van der Waals surface area (Å²) in [7, 11) is 0. The molecule has 1 aliphatic heterocycles. The quantitative estimate of drug-likeness (QED) is 0.283. The van der Waals surface area contributed by atoms with Gasteiger partial charge < -0.3 is 20.1 Å². The number of amidine groups is 1. The number of nitrogens with two attached hydrogens (primary N) is 1. The van der Waals surface area contributed by atoms with Gasteiger partial charge in [-0.1, -0.05) is 11.8 Å². The highest BCUT2D eigenvalue weighted by molar-refractivity contribution is 8.13. The van der Waals surface area contributed by atoms with Gasteiger partial charge in [0.05, 0.1) is 6.61 Å². The number of carboxylic acid groups (broad SMARTS) is 2. The van der Waals surface area contributed by atoms with E-state index < -0.39 is 11.9 Å². The molecule has 0 radical (unpaired) electrons. The summed E-state index contributed by atoms with van der Waals surface area (Å²) in [4.78, 5) is 22.1. The number of thioether (sulfide) groups is 1. The van der Waals surface area contributed by atoms with Crippen molar-refractivity contribution in [1.29, 1.82) is 0 Å². The average Bonchev–Trinajstić information content (AvgIpc) is 2.68. The fourth-order valence-corrected chi connectivity index (χ4v) is 1.15. The smallest absolute Gasteiger partial charge is 0.351 e. The van der Waals surface area contributed by atoms with E-state index >= 15 is 0 Å². The van der Waals surface area contributed by atoms with Crippen molar-refractivity contribution in [2.45, 2.75) is 0 Å². The van der Waals surface area contributed by atoms with Crippen LogP contribution in [-0.4, -0.2) is 46.3 Å². The first-order chi connectivity index (χ1) is 7.07. The Labute approximate surface area is 89.4 Å². The van der Waals surface area contributed by atoms with Crippen LogP contribution in [-0.2, 0) is 9.59 Å². The number of carboxylic acids is 2. The minimum Gasteiger partial charge on any atom is -0.539 e. The number of carbonyl (C=O) groups is 2. The molecule has 1 heterocycles. The van der Waals surface area contributed by atoms with Gasteiger partial charge in [-0.2, -0.15) is 0 Å². The van der Waals surface area contributed by atoms with Crippen LogP contribution < -0.4 is 16.0 Å². The van der Waals surface area contributed by atoms with Crippen molar-refractivity contribution in [3.8, 4) is 0 Å². The zero-order chi connectivity index (χ0) is 11.7. The molecule has 15 heavy (non-hydrogen) atoms. The van der Waals surface area contributed by atoms with Crippen molar-refractivity contribution in [1.82, 2.24) is 5.43 Å². The fraction of sp³-hybridized carbons (Fsp3) is 0.500. The Bertz CT molecular complexity index is 245. The molecule has 0 atom stereocenters. The number of aliphatic carboxylic acids is 2. The normalized spacial score (nSPS) is 13.3. The van der Waals surface area contributed by atoms with Crippen LogP contribution in [0.4, 0.5) is 0 Å². The second kappa shape index (κ2) is 8.03. The number of rotatable bonds is 2. The molecule has 5 N–H and O–H groups in total. The molecule has 0 aromatic carbocycles. The Morgan fingerprint density at radius 3 is 2.60 bits per heavy atom. The third-order valence-electron chi connectivity index (χ3n) is 1.06. The summed E-state index contributed by atoms with van der Waals surface area (Å²) in [6, 6.07) is 0. The summed E-state index contributed by atoms with van der Waals surface area (Å²) in [6.07, 6.45) is 0. The molecule has 0 unspecified atom stereocenters. The summed E-state index contributed by atoms with van der Waals surface area (Å²) in [5, 5.41) is 25.7. The summed E-state index contributed by atoms with van der Waals surface area (Å²) in [6.45, 7) is 0.971. The monoisotopic (exact) mass is 237 g/mol. The van der Waals surface area contributed by atoms with E-state index in [-0.39, 0.29) is 6.61 Å². The van der Waals surface area contributed by atoms with Gasteiger partial charge in [0.15, 0.2) is 12.6 Å². The van der Waals surface area contributed by atoms with Crippen LogP contribution in [0.2, 0.25) is 0 Å². The minimum atomic E-state index is -2.07. The SMILES string of the molecule is O=C([O-])C(=O)O.OCCSC1=NC[NH2+]N1. The first-order valence-electron chi connectivity index (χ1n) is 3.88. The molecule has 0 aromatic heterocycles. The Morgan fingerprint density at radius 2 is 2.27 bits per heavy atom. The Hall–Kier alpha value is -1.32. The summed E-state index contributed by atoms with van der Waals surface area (Å²) in [5.41, 5.74) is 4.86. The van der Waals surface area contributed by atoms with Crippen LogP contribution in [0.5, 0.6) is 0 Å². The van der Waals surface area contributed by atoms with Gasteiger partial charge in [-0.15, -0.1) is 0 Å². The third-order valence-corrected chi connectivity index (χ3v) is 1.96. The maximum absolute atomic E-state index is 9.04. The van der Waals surface area contributed by atoms with E-state index in [9.17, 15) is 0 Å². The van der Waals surface area contributed by atoms with Gasteiger partial charge in [0.25, 0.3) is 0 Å². The molecule has 0 saturated carbocycles. The highest BCUT2D eigenvalue weighted by Gasteiger charge is 2.05. The highest BCUT2D eigenvalue weighted by atomic mass is 32.2. The zero-order valence-electron chi connectivity index (χ0n) is 7.67. The van der Waals surface area contributed by atoms with E-state index in [1.54, 1.807) is 11.8 Å². The first-order valence-corrected chi connectivity index (χ1v) is 4.87. The molecule has 1 aliphatic rings. The summed E-state index contributed by atoms with van der Waals surface area (Å²) >= 11 is 1.54. The van der Waals surface area contributed by atoms with Crippen LogP contribution in [0.15, 0.2) is 4.99 Å². The highest BCUT2D eigenvalue weighted by Crippen LogP contribution is 1.99. The van der Waals surface area contributed by atoms with Crippen molar-refractivity contribution in [2.24, 2.45) is 4.99 Å². The van der Waals surface area contributed by atoms with E-state index in [2.05, 4.69) is 10.4 Å². The molecule has 9 heteroatoms. The van der Waals surface area contributed by atoms with Gasteiger partial charge in [-0.05, 0) is 0 Å². The number of hydrogen-bond donors (Lipinski definition) is 4. The topological polar surface area (TPSA) is 139 Å². The number of aliphatic hydroxyl groups is 1. The van der Waals surface area contributed by atoms with Crippen LogP contribution in [0.25, 0.3) is 0 Å². The van der Waals surface area contributed by atoms with Crippen molar-refractivity contribution < 1.29 is 30.3 Å². The Morgan fingerprint density at radius 1 is 1.67 bits per heavy atom. The predicted octanol–water partition coefficient (Wildman–Crippen LogP) is -4.07. The molecule has 0 aliphatic carbocycles. The standard InChI is InChI=1S/C4H9N3OS.C2H2O4/c8-1-2-9-4-5-3-6-7-4;3-1(4)2(5)6/h6,8H,1-3H2,(H,5,7);(H,3,4)(H,5,6). The van der Waals surface area contributed by atoms with Crippen LogP contribution in [0.3, 0.4) is 0 Å². The Balaban J connectivity index is 0.000000288. The van der Waals surface area contributed by atoms with Gasteiger partial charge in [0, 0.05) is 5.75 Å². The lowest BCUT2D eigenvalue weighted by Crippen LogP contribution is -2.90. The maximum atomic E-state index is 9.04. The molecular formula is C6H11N3O5S. The molecule has 0 saturated heterocycles. The number of hydrogen-bond acceptors (Lipinski definition) is 7. The van der Waals surface area contributed by atoms with Crippen LogP contribution in [0, 0.1) is 0 Å². The number of aliphatic hydroxyl groups excluding tert-OH is 1. The van der Waals surface area contributed by atoms with Gasteiger partial charge in [0.2, 0.25) is 5.17 Å². The molecule has 0 amide bonds. The van der Waals surface area contributed by atoms with Gasteiger partial charge in [-0.25, -0.2) is 20.6 Å². The van der Waals surface area contributed by atoms with E-state index in [0.717, 1.165) is 17.6 Å². The lowest BCUT2D eigenvalue weighted by Gasteiger charge is -1.94. The zero-order valence-corrected chi connectivity index (χ0v) is 8.49. The van der Waals surface area contributed by atoms with Crippen molar-refractivity contribution in [3.05, 3.63) is 0 Å². The van der Waals surface area contributed by atoms with Crippen LogP contribution >= 0.6 is 11.8 Å².